The van der Waals surface area contributed by atoms with Gasteiger partial charge >= 0.3 is 0 Å². The summed E-state index contributed by atoms with van der Waals surface area (Å²) in [5, 5.41) is 2.27. The van der Waals surface area contributed by atoms with E-state index in [2.05, 4.69) is 9.47 Å². The molecule has 0 amide bonds. The molecular weight excluding hydrogens is 401 g/mol. The van der Waals surface area contributed by atoms with Crippen molar-refractivity contribution in [1.82, 2.24) is 9.47 Å². The first-order valence-corrected chi connectivity index (χ1v) is 10.5. The van der Waals surface area contributed by atoms with Crippen molar-refractivity contribution in [3.8, 4) is 11.5 Å². The highest BCUT2D eigenvalue weighted by atomic mass is 35.5. The molecule has 0 spiro atoms. The minimum Gasteiger partial charge on any atom is -0.454 e. The smallest absolute Gasteiger partial charge is 0.231 e. The molecule has 0 N–H and O–H groups in total. The van der Waals surface area contributed by atoms with Crippen LogP contribution in [-0.4, -0.2) is 40.8 Å². The summed E-state index contributed by atoms with van der Waals surface area (Å²) in [5.74, 6) is 1.20. The quantitative estimate of drug-likeness (QED) is 0.431. The summed E-state index contributed by atoms with van der Waals surface area (Å²) in [6.45, 7) is 1.90. The highest BCUT2D eigenvalue weighted by Crippen LogP contribution is 2.37. The number of halogens is 2. The number of benzene rings is 2. The number of fused-ring (bicyclic) bond motifs is 2. The zero-order chi connectivity index (χ0) is 19.3. The van der Waals surface area contributed by atoms with Crippen molar-refractivity contribution in [1.29, 1.82) is 0 Å². The second-order valence-corrected chi connectivity index (χ2v) is 7.92. The average molecular weight is 418 g/mol. The van der Waals surface area contributed by atoms with E-state index in [-0.39, 0.29) is 18.7 Å². The lowest BCUT2D eigenvalue weighted by atomic mass is 10.1. The van der Waals surface area contributed by atoms with E-state index in [1.807, 2.05) is 30.7 Å². The summed E-state index contributed by atoms with van der Waals surface area (Å²) >= 11 is 7.91. The van der Waals surface area contributed by atoms with E-state index in [4.69, 9.17) is 26.1 Å². The molecule has 1 aromatic heterocycles. The van der Waals surface area contributed by atoms with Crippen molar-refractivity contribution in [3.63, 3.8) is 0 Å². The van der Waals surface area contributed by atoms with Crippen LogP contribution in [-0.2, 0) is 0 Å². The second kappa shape index (κ2) is 6.90. The Bertz CT molecular complexity index is 1090. The number of hydrogen-bond acceptors (Lipinski definition) is 4. The molecule has 3 heterocycles. The summed E-state index contributed by atoms with van der Waals surface area (Å²) in [5.41, 5.74) is 1.79. The maximum atomic E-state index is 13.5. The topological polar surface area (TPSA) is 39.0 Å². The van der Waals surface area contributed by atoms with Crippen molar-refractivity contribution in [2.75, 3.05) is 26.1 Å². The highest BCUT2D eigenvalue weighted by Gasteiger charge is 2.31. The summed E-state index contributed by atoms with van der Waals surface area (Å²) in [6.07, 6.45) is 3.91. The third-order valence-corrected chi connectivity index (χ3v) is 6.05. The molecule has 144 valence electrons. The molecule has 2 aliphatic heterocycles. The van der Waals surface area contributed by atoms with Crippen molar-refractivity contribution >= 4 is 45.1 Å². The molecule has 0 bridgehead atoms. The van der Waals surface area contributed by atoms with E-state index in [9.17, 15) is 4.39 Å². The molecule has 2 aliphatic rings. The van der Waals surface area contributed by atoms with Gasteiger partial charge in [-0.2, -0.15) is 0 Å². The van der Waals surface area contributed by atoms with Gasteiger partial charge in [0.15, 0.2) is 16.7 Å². The Morgan fingerprint density at radius 1 is 1.18 bits per heavy atom. The molecule has 0 radical (unpaired) electrons. The van der Waals surface area contributed by atoms with Crippen LogP contribution in [0.1, 0.15) is 6.04 Å². The average Bonchev–Trinajstić information content (AvgIpc) is 3.24. The Kier molecular flexibility index (Phi) is 4.36. The van der Waals surface area contributed by atoms with Crippen LogP contribution in [0, 0.1) is 5.82 Å². The van der Waals surface area contributed by atoms with Crippen LogP contribution < -0.4 is 9.47 Å². The standard InChI is InChI=1S/C20H17ClFN3O2S/c1-28-20(23-13-3-5-18-19(7-13)27-11-26-18)24-8-14(9-24)25-10-16(21)15-6-12(22)2-4-17(15)25/h2-7,10,14H,8-9,11H2,1H3. The van der Waals surface area contributed by atoms with Crippen molar-refractivity contribution in [2.24, 2.45) is 4.99 Å². The number of nitrogens with zero attached hydrogens (tertiary/aromatic N) is 3. The van der Waals surface area contributed by atoms with Crippen molar-refractivity contribution < 1.29 is 13.9 Å². The largest absolute Gasteiger partial charge is 0.454 e. The SMILES string of the molecule is CSC(=Nc1ccc2c(c1)OCO2)N1CC(n2cc(Cl)c3cc(F)ccc32)C1. The molecule has 5 nitrogen and oxygen atoms in total. The first-order chi connectivity index (χ1) is 13.6. The van der Waals surface area contributed by atoms with E-state index in [1.165, 1.54) is 12.1 Å². The van der Waals surface area contributed by atoms with Gasteiger partial charge in [0, 0.05) is 30.7 Å². The summed E-state index contributed by atoms with van der Waals surface area (Å²) in [7, 11) is 0. The lowest BCUT2D eigenvalue weighted by Gasteiger charge is -2.41. The van der Waals surface area contributed by atoms with Crippen LogP contribution in [0.2, 0.25) is 5.02 Å². The molecule has 5 rings (SSSR count). The predicted molar refractivity (Wildman–Crippen MR) is 111 cm³/mol. The van der Waals surface area contributed by atoms with Crippen LogP contribution in [0.25, 0.3) is 10.9 Å². The van der Waals surface area contributed by atoms with Gasteiger partial charge in [0.25, 0.3) is 0 Å². The molecule has 0 unspecified atom stereocenters. The van der Waals surface area contributed by atoms with Gasteiger partial charge in [-0.1, -0.05) is 23.4 Å². The lowest BCUT2D eigenvalue weighted by Crippen LogP contribution is -2.49. The lowest BCUT2D eigenvalue weighted by molar-refractivity contribution is 0.174. The minimum absolute atomic E-state index is 0.253. The molecule has 28 heavy (non-hydrogen) atoms. The third-order valence-electron chi connectivity index (χ3n) is 5.04. The molecule has 1 fully saturated rings. The Labute approximate surface area is 170 Å². The van der Waals surface area contributed by atoms with E-state index >= 15 is 0 Å². The molecular formula is C20H17ClFN3O2S. The van der Waals surface area contributed by atoms with Crippen LogP contribution in [0.4, 0.5) is 10.1 Å². The number of thioether (sulfide) groups is 1. The normalized spacial score (nSPS) is 16.7. The number of rotatable bonds is 2. The van der Waals surface area contributed by atoms with Gasteiger partial charge in [0.1, 0.15) is 5.82 Å². The molecule has 0 aliphatic carbocycles. The summed E-state index contributed by atoms with van der Waals surface area (Å²) in [6, 6.07) is 10.7. The Morgan fingerprint density at radius 3 is 2.82 bits per heavy atom. The number of aliphatic imine (C=N–C) groups is 1. The van der Waals surface area contributed by atoms with Gasteiger partial charge in [-0.05, 0) is 36.6 Å². The highest BCUT2D eigenvalue weighted by molar-refractivity contribution is 8.13. The fraction of sp³-hybridized carbons (Fsp3) is 0.250. The Morgan fingerprint density at radius 2 is 2.00 bits per heavy atom. The Hall–Kier alpha value is -2.38. The molecule has 0 atom stereocenters. The van der Waals surface area contributed by atoms with Gasteiger partial charge in [-0.25, -0.2) is 9.38 Å². The maximum absolute atomic E-state index is 13.5. The molecule has 0 saturated carbocycles. The fourth-order valence-electron chi connectivity index (χ4n) is 3.59. The third kappa shape index (κ3) is 2.99. The number of aromatic nitrogens is 1. The van der Waals surface area contributed by atoms with Gasteiger partial charge in [0.05, 0.1) is 22.3 Å². The minimum atomic E-state index is -0.275. The second-order valence-electron chi connectivity index (χ2n) is 6.74. The number of hydrogen-bond donors (Lipinski definition) is 0. The molecule has 8 heteroatoms. The summed E-state index contributed by atoms with van der Waals surface area (Å²) < 4.78 is 26.4. The predicted octanol–water partition coefficient (Wildman–Crippen LogP) is 5.07. The zero-order valence-electron chi connectivity index (χ0n) is 15.1. The van der Waals surface area contributed by atoms with Gasteiger partial charge < -0.3 is 18.9 Å². The number of likely N-dealkylation sites (tertiary alicyclic amines) is 1. The fourth-order valence-corrected chi connectivity index (χ4v) is 4.45. The van der Waals surface area contributed by atoms with Crippen LogP contribution in [0.15, 0.2) is 47.6 Å². The van der Waals surface area contributed by atoms with Crippen molar-refractivity contribution in [3.05, 3.63) is 53.4 Å². The van der Waals surface area contributed by atoms with Gasteiger partial charge in [-0.3, -0.25) is 0 Å². The Balaban J connectivity index is 1.35. The first kappa shape index (κ1) is 17.7. The monoisotopic (exact) mass is 417 g/mol. The molecule has 2 aromatic carbocycles. The van der Waals surface area contributed by atoms with Crippen LogP contribution in [0.3, 0.4) is 0 Å². The molecule has 1 saturated heterocycles. The molecule has 3 aromatic rings. The van der Waals surface area contributed by atoms with E-state index in [0.717, 1.165) is 46.3 Å². The van der Waals surface area contributed by atoms with Gasteiger partial charge in [-0.15, -0.1) is 0 Å². The number of amidine groups is 1. The summed E-state index contributed by atoms with van der Waals surface area (Å²) in [4.78, 5) is 6.99. The van der Waals surface area contributed by atoms with Crippen LogP contribution >= 0.6 is 23.4 Å². The number of ether oxygens (including phenoxy) is 2. The zero-order valence-corrected chi connectivity index (χ0v) is 16.6. The van der Waals surface area contributed by atoms with E-state index < -0.39 is 0 Å². The van der Waals surface area contributed by atoms with Crippen molar-refractivity contribution in [2.45, 2.75) is 6.04 Å². The van der Waals surface area contributed by atoms with Gasteiger partial charge in [0.2, 0.25) is 6.79 Å². The van der Waals surface area contributed by atoms with E-state index in [0.29, 0.717) is 5.02 Å². The first-order valence-electron chi connectivity index (χ1n) is 8.85. The van der Waals surface area contributed by atoms with Crippen LogP contribution in [0.5, 0.6) is 11.5 Å². The maximum Gasteiger partial charge on any atom is 0.231 e. The van der Waals surface area contributed by atoms with E-state index in [1.54, 1.807) is 17.8 Å².